The van der Waals surface area contributed by atoms with Gasteiger partial charge in [0, 0.05) is 22.1 Å². The normalized spacial score (nSPS) is 25.7. The second kappa shape index (κ2) is 5.62. The van der Waals surface area contributed by atoms with Gasteiger partial charge in [-0.3, -0.25) is 9.69 Å². The smallest absolute Gasteiger partial charge is 0.341 e. The Kier molecular flexibility index (Phi) is 3.33. The van der Waals surface area contributed by atoms with E-state index >= 15 is 0 Å². The van der Waals surface area contributed by atoms with Crippen molar-refractivity contribution < 1.29 is 19.1 Å². The molecule has 1 spiro atoms. The van der Waals surface area contributed by atoms with Gasteiger partial charge in [0.2, 0.25) is 0 Å². The van der Waals surface area contributed by atoms with Gasteiger partial charge in [-0.25, -0.2) is 4.79 Å². The second-order valence-electron chi connectivity index (χ2n) is 9.25. The third kappa shape index (κ3) is 2.00. The van der Waals surface area contributed by atoms with Crippen molar-refractivity contribution in [2.45, 2.75) is 32.3 Å². The lowest BCUT2D eigenvalue weighted by atomic mass is 9.75. The molecule has 2 atom stereocenters. The van der Waals surface area contributed by atoms with Crippen molar-refractivity contribution in [3.05, 3.63) is 101 Å². The van der Waals surface area contributed by atoms with E-state index in [4.69, 9.17) is 9.47 Å². The second-order valence-corrected chi connectivity index (χ2v) is 9.25. The maximum atomic E-state index is 13.7. The Bertz CT molecular complexity index is 1290. The SMILES string of the molecule is CC(C)(C)C12OC3(OC(=O)c4ccccc43)c3ccccc3N1C(=O)c1ccccc12. The molecular formula is C26H21NO4. The molecule has 0 fully saturated rings. The highest BCUT2D eigenvalue weighted by molar-refractivity contribution is 6.13. The number of amides is 1. The molecule has 1 amide bonds. The number of hydrogen-bond acceptors (Lipinski definition) is 4. The minimum absolute atomic E-state index is 0.120. The lowest BCUT2D eigenvalue weighted by Crippen LogP contribution is -2.62. The molecule has 0 aromatic heterocycles. The first-order chi connectivity index (χ1) is 14.8. The molecule has 5 nitrogen and oxygen atoms in total. The van der Waals surface area contributed by atoms with Crippen molar-refractivity contribution in [3.63, 3.8) is 0 Å². The van der Waals surface area contributed by atoms with Gasteiger partial charge in [-0.1, -0.05) is 69.3 Å². The molecule has 2 unspecified atom stereocenters. The lowest BCUT2D eigenvalue weighted by Gasteiger charge is -2.55. The zero-order chi connectivity index (χ0) is 21.6. The monoisotopic (exact) mass is 411 g/mol. The molecule has 5 heteroatoms. The summed E-state index contributed by atoms with van der Waals surface area (Å²) >= 11 is 0. The van der Waals surface area contributed by atoms with Crippen molar-refractivity contribution in [3.8, 4) is 0 Å². The van der Waals surface area contributed by atoms with Crippen LogP contribution in [0.4, 0.5) is 5.69 Å². The van der Waals surface area contributed by atoms with Gasteiger partial charge < -0.3 is 9.47 Å². The van der Waals surface area contributed by atoms with E-state index in [-0.39, 0.29) is 5.91 Å². The van der Waals surface area contributed by atoms with Crippen molar-refractivity contribution in [1.82, 2.24) is 0 Å². The summed E-state index contributed by atoms with van der Waals surface area (Å²) in [7, 11) is 0. The Morgan fingerprint density at radius 1 is 0.742 bits per heavy atom. The maximum Gasteiger partial charge on any atom is 0.341 e. The van der Waals surface area contributed by atoms with Crippen LogP contribution in [-0.2, 0) is 21.0 Å². The van der Waals surface area contributed by atoms with Gasteiger partial charge in [0.25, 0.3) is 11.7 Å². The van der Waals surface area contributed by atoms with Gasteiger partial charge in [-0.15, -0.1) is 0 Å². The van der Waals surface area contributed by atoms with Gasteiger partial charge in [0.1, 0.15) is 0 Å². The third-order valence-electron chi connectivity index (χ3n) is 6.59. The third-order valence-corrected chi connectivity index (χ3v) is 6.59. The molecule has 3 heterocycles. The first-order valence-electron chi connectivity index (χ1n) is 10.4. The van der Waals surface area contributed by atoms with Gasteiger partial charge in [-0.05, 0) is 24.3 Å². The molecule has 3 aromatic rings. The molecule has 0 saturated heterocycles. The fourth-order valence-corrected chi connectivity index (χ4v) is 5.30. The Hall–Kier alpha value is -3.44. The lowest BCUT2D eigenvalue weighted by molar-refractivity contribution is -0.279. The molecule has 154 valence electrons. The van der Waals surface area contributed by atoms with Crippen LogP contribution in [0.1, 0.15) is 58.2 Å². The zero-order valence-electron chi connectivity index (χ0n) is 17.5. The summed E-state index contributed by atoms with van der Waals surface area (Å²) in [5.41, 5.74) is 2.15. The highest BCUT2D eigenvalue weighted by atomic mass is 16.7. The standard InChI is InChI=1S/C26H21NO4/c1-24(2,3)26-19-13-7-4-10-16(19)22(28)27(26)21-15-9-8-14-20(21)25(31-26)18-12-6-5-11-17(18)23(29)30-25/h4-15H,1-3H3. The summed E-state index contributed by atoms with van der Waals surface area (Å²) in [4.78, 5) is 28.4. The number of esters is 1. The van der Waals surface area contributed by atoms with Crippen LogP contribution in [0.2, 0.25) is 0 Å². The quantitative estimate of drug-likeness (QED) is 0.491. The number of carbonyl (C=O) groups is 2. The van der Waals surface area contributed by atoms with Crippen LogP contribution < -0.4 is 4.90 Å². The summed E-state index contributed by atoms with van der Waals surface area (Å²) in [6, 6.07) is 22.4. The number of anilines is 1. The van der Waals surface area contributed by atoms with Crippen LogP contribution in [0.3, 0.4) is 0 Å². The largest absolute Gasteiger partial charge is 0.420 e. The number of carbonyl (C=O) groups excluding carboxylic acids is 2. The predicted molar refractivity (Wildman–Crippen MR) is 115 cm³/mol. The van der Waals surface area contributed by atoms with E-state index in [2.05, 4.69) is 0 Å². The molecule has 0 aliphatic carbocycles. The highest BCUT2D eigenvalue weighted by Crippen LogP contribution is 2.63. The molecule has 0 radical (unpaired) electrons. The van der Waals surface area contributed by atoms with Gasteiger partial charge in [0.05, 0.1) is 16.8 Å². The van der Waals surface area contributed by atoms with E-state index in [1.165, 1.54) is 0 Å². The number of ether oxygens (including phenoxy) is 2. The number of nitrogens with zero attached hydrogens (tertiary/aromatic N) is 1. The van der Waals surface area contributed by atoms with Crippen molar-refractivity contribution in [1.29, 1.82) is 0 Å². The van der Waals surface area contributed by atoms with Crippen LogP contribution in [0.15, 0.2) is 72.8 Å². The number of para-hydroxylation sites is 1. The van der Waals surface area contributed by atoms with Crippen LogP contribution in [-0.4, -0.2) is 11.9 Å². The molecule has 3 aromatic carbocycles. The summed E-state index contributed by atoms with van der Waals surface area (Å²) in [6.07, 6.45) is 0. The molecule has 3 aliphatic rings. The Balaban J connectivity index is 1.76. The summed E-state index contributed by atoms with van der Waals surface area (Å²) in [6.45, 7) is 6.12. The Morgan fingerprint density at radius 3 is 2.03 bits per heavy atom. The molecule has 0 N–H and O–H groups in total. The first kappa shape index (κ1) is 18.3. The van der Waals surface area contributed by atoms with E-state index in [1.54, 1.807) is 11.0 Å². The van der Waals surface area contributed by atoms with Crippen LogP contribution >= 0.6 is 0 Å². The summed E-state index contributed by atoms with van der Waals surface area (Å²) in [5.74, 6) is -1.99. The molecule has 3 aliphatic heterocycles. The van der Waals surface area contributed by atoms with Crippen molar-refractivity contribution in [2.24, 2.45) is 5.41 Å². The number of benzene rings is 3. The number of fused-ring (bicyclic) bond motifs is 8. The van der Waals surface area contributed by atoms with E-state index in [1.807, 2.05) is 87.5 Å². The minimum Gasteiger partial charge on any atom is -0.420 e. The Morgan fingerprint density at radius 2 is 1.32 bits per heavy atom. The van der Waals surface area contributed by atoms with Crippen LogP contribution in [0.25, 0.3) is 0 Å². The van der Waals surface area contributed by atoms with Crippen molar-refractivity contribution >= 4 is 17.6 Å². The molecule has 6 rings (SSSR count). The number of rotatable bonds is 0. The number of hydrogen-bond donors (Lipinski definition) is 0. The summed E-state index contributed by atoms with van der Waals surface area (Å²) in [5, 5.41) is 0. The molecular weight excluding hydrogens is 390 g/mol. The van der Waals surface area contributed by atoms with E-state index in [0.29, 0.717) is 27.9 Å². The first-order valence-corrected chi connectivity index (χ1v) is 10.4. The van der Waals surface area contributed by atoms with Crippen molar-refractivity contribution in [2.75, 3.05) is 4.90 Å². The van der Waals surface area contributed by atoms with E-state index in [9.17, 15) is 9.59 Å². The minimum atomic E-state index is -1.44. The Labute approximate surface area is 180 Å². The van der Waals surface area contributed by atoms with E-state index in [0.717, 1.165) is 5.56 Å². The van der Waals surface area contributed by atoms with E-state index < -0.39 is 22.9 Å². The fourth-order valence-electron chi connectivity index (χ4n) is 5.30. The van der Waals surface area contributed by atoms with Crippen LogP contribution in [0.5, 0.6) is 0 Å². The molecule has 0 saturated carbocycles. The zero-order valence-corrected chi connectivity index (χ0v) is 17.5. The average molecular weight is 411 g/mol. The van der Waals surface area contributed by atoms with Crippen LogP contribution in [0, 0.1) is 5.41 Å². The molecule has 0 bridgehead atoms. The molecule has 31 heavy (non-hydrogen) atoms. The van der Waals surface area contributed by atoms with Gasteiger partial charge in [-0.2, -0.15) is 0 Å². The van der Waals surface area contributed by atoms with Gasteiger partial charge >= 0.3 is 5.97 Å². The summed E-state index contributed by atoms with van der Waals surface area (Å²) < 4.78 is 13.1. The average Bonchev–Trinajstić information content (AvgIpc) is 3.19. The van der Waals surface area contributed by atoms with Gasteiger partial charge in [0.15, 0.2) is 5.72 Å². The topological polar surface area (TPSA) is 55.8 Å². The fraction of sp³-hybridized carbons (Fsp3) is 0.231. The highest BCUT2D eigenvalue weighted by Gasteiger charge is 2.68. The maximum absolute atomic E-state index is 13.7. The predicted octanol–water partition coefficient (Wildman–Crippen LogP) is 4.95.